The van der Waals surface area contributed by atoms with Gasteiger partial charge in [0.1, 0.15) is 5.82 Å². The molecule has 106 valence electrons. The van der Waals surface area contributed by atoms with Crippen LogP contribution in [0.25, 0.3) is 5.69 Å². The first kappa shape index (κ1) is 13.1. The first-order valence-electron chi connectivity index (χ1n) is 6.37. The summed E-state index contributed by atoms with van der Waals surface area (Å²) in [4.78, 5) is 24.2. The lowest BCUT2D eigenvalue weighted by Crippen LogP contribution is -2.29. The smallest absolute Gasteiger partial charge is 0.246 e. The van der Waals surface area contributed by atoms with Gasteiger partial charge in [0.15, 0.2) is 0 Å². The molecule has 6 heteroatoms. The fourth-order valence-electron chi connectivity index (χ4n) is 2.10. The third kappa shape index (κ3) is 2.43. The van der Waals surface area contributed by atoms with Gasteiger partial charge in [-0.2, -0.15) is 0 Å². The number of aromatic amines is 1. The molecule has 0 unspecified atom stereocenters. The Morgan fingerprint density at radius 3 is 2.33 bits per heavy atom. The molecule has 3 aromatic rings. The number of hydrogen-bond acceptors (Lipinski definition) is 2. The normalized spacial score (nSPS) is 10.7. The Morgan fingerprint density at radius 2 is 1.62 bits per heavy atom. The van der Waals surface area contributed by atoms with Crippen molar-refractivity contribution in [2.24, 2.45) is 0 Å². The Morgan fingerprint density at radius 1 is 0.952 bits per heavy atom. The fourth-order valence-corrected chi connectivity index (χ4v) is 2.10. The van der Waals surface area contributed by atoms with Crippen molar-refractivity contribution in [1.82, 2.24) is 14.3 Å². The molecule has 0 spiro atoms. The van der Waals surface area contributed by atoms with Gasteiger partial charge in [0.05, 0.1) is 12.2 Å². The van der Waals surface area contributed by atoms with Crippen LogP contribution in [0.5, 0.6) is 0 Å². The van der Waals surface area contributed by atoms with Gasteiger partial charge in [-0.05, 0) is 18.2 Å². The van der Waals surface area contributed by atoms with Crippen molar-refractivity contribution in [2.45, 2.75) is 6.54 Å². The second kappa shape index (κ2) is 5.24. The predicted molar refractivity (Wildman–Crippen MR) is 76.2 cm³/mol. The molecule has 0 bridgehead atoms. The SMILES string of the molecule is O=c1[nH]n(-c2ccccc2)c(=O)n1Cc1ccccc1F. The van der Waals surface area contributed by atoms with Gasteiger partial charge in [-0.1, -0.05) is 36.4 Å². The van der Waals surface area contributed by atoms with Crippen LogP contribution >= 0.6 is 0 Å². The molecular weight excluding hydrogens is 273 g/mol. The van der Waals surface area contributed by atoms with Gasteiger partial charge in [0, 0.05) is 5.56 Å². The number of halogens is 1. The van der Waals surface area contributed by atoms with Gasteiger partial charge in [-0.25, -0.2) is 28.3 Å². The third-order valence-electron chi connectivity index (χ3n) is 3.18. The Kier molecular flexibility index (Phi) is 3.27. The lowest BCUT2D eigenvalue weighted by molar-refractivity contribution is 0.592. The van der Waals surface area contributed by atoms with Gasteiger partial charge < -0.3 is 0 Å². The highest BCUT2D eigenvalue weighted by Gasteiger charge is 2.12. The van der Waals surface area contributed by atoms with Crippen molar-refractivity contribution in [1.29, 1.82) is 0 Å². The zero-order valence-corrected chi connectivity index (χ0v) is 11.0. The second-order valence-electron chi connectivity index (χ2n) is 4.55. The lowest BCUT2D eigenvalue weighted by Gasteiger charge is -2.02. The van der Waals surface area contributed by atoms with E-state index in [0.29, 0.717) is 5.69 Å². The number of nitrogens with zero attached hydrogens (tertiary/aromatic N) is 2. The molecule has 1 aromatic heterocycles. The summed E-state index contributed by atoms with van der Waals surface area (Å²) in [6.45, 7) is -0.110. The van der Waals surface area contributed by atoms with Crippen LogP contribution in [-0.2, 0) is 6.54 Å². The van der Waals surface area contributed by atoms with Gasteiger partial charge in [-0.3, -0.25) is 0 Å². The highest BCUT2D eigenvalue weighted by Crippen LogP contribution is 2.07. The van der Waals surface area contributed by atoms with Crippen LogP contribution in [0, 0.1) is 5.82 Å². The van der Waals surface area contributed by atoms with Crippen LogP contribution in [0.15, 0.2) is 64.2 Å². The number of rotatable bonds is 3. The van der Waals surface area contributed by atoms with Crippen molar-refractivity contribution in [3.63, 3.8) is 0 Å². The molecule has 21 heavy (non-hydrogen) atoms. The maximum atomic E-state index is 13.6. The Hall–Kier alpha value is -2.89. The van der Waals surface area contributed by atoms with Crippen molar-refractivity contribution in [3.05, 3.63) is 86.9 Å². The van der Waals surface area contributed by atoms with Gasteiger partial charge >= 0.3 is 11.4 Å². The van der Waals surface area contributed by atoms with E-state index in [1.54, 1.807) is 42.5 Å². The summed E-state index contributed by atoms with van der Waals surface area (Å²) in [6.07, 6.45) is 0. The summed E-state index contributed by atoms with van der Waals surface area (Å²) in [5.41, 5.74) is -0.274. The lowest BCUT2D eigenvalue weighted by atomic mass is 10.2. The van der Waals surface area contributed by atoms with E-state index < -0.39 is 17.2 Å². The van der Waals surface area contributed by atoms with E-state index in [2.05, 4.69) is 5.10 Å². The van der Waals surface area contributed by atoms with E-state index in [4.69, 9.17) is 0 Å². The number of H-pyrrole nitrogens is 1. The molecule has 2 aromatic carbocycles. The van der Waals surface area contributed by atoms with Crippen LogP contribution < -0.4 is 11.4 Å². The molecule has 0 atom stereocenters. The first-order chi connectivity index (χ1) is 10.2. The summed E-state index contributed by atoms with van der Waals surface area (Å²) in [6, 6.07) is 14.8. The summed E-state index contributed by atoms with van der Waals surface area (Å²) >= 11 is 0. The third-order valence-corrected chi connectivity index (χ3v) is 3.18. The molecule has 1 N–H and O–H groups in total. The molecule has 3 rings (SSSR count). The van der Waals surface area contributed by atoms with Crippen LogP contribution in [0.2, 0.25) is 0 Å². The summed E-state index contributed by atoms with van der Waals surface area (Å²) in [5.74, 6) is -0.448. The average molecular weight is 285 g/mol. The van der Waals surface area contributed by atoms with Crippen molar-refractivity contribution < 1.29 is 4.39 Å². The van der Waals surface area contributed by atoms with E-state index in [1.807, 2.05) is 6.07 Å². The highest BCUT2D eigenvalue weighted by atomic mass is 19.1. The number of nitrogens with one attached hydrogen (secondary N) is 1. The van der Waals surface area contributed by atoms with Crippen molar-refractivity contribution in [2.75, 3.05) is 0 Å². The molecule has 5 nitrogen and oxygen atoms in total. The molecule has 1 heterocycles. The summed E-state index contributed by atoms with van der Waals surface area (Å²) in [5, 5.41) is 2.46. The molecule has 0 saturated heterocycles. The molecule has 0 radical (unpaired) electrons. The molecule has 0 aliphatic carbocycles. The van der Waals surface area contributed by atoms with E-state index in [-0.39, 0.29) is 12.1 Å². The number of para-hydroxylation sites is 1. The van der Waals surface area contributed by atoms with Crippen LogP contribution in [0.1, 0.15) is 5.56 Å². The average Bonchev–Trinajstić information content (AvgIpc) is 2.78. The Labute approximate surface area is 118 Å². The van der Waals surface area contributed by atoms with E-state index in [1.165, 1.54) is 6.07 Å². The van der Waals surface area contributed by atoms with Crippen LogP contribution in [0.4, 0.5) is 4.39 Å². The summed E-state index contributed by atoms with van der Waals surface area (Å²) < 4.78 is 15.7. The topological polar surface area (TPSA) is 59.8 Å². The monoisotopic (exact) mass is 285 g/mol. The number of benzene rings is 2. The molecular formula is C15H12FN3O2. The van der Waals surface area contributed by atoms with E-state index >= 15 is 0 Å². The van der Waals surface area contributed by atoms with Gasteiger partial charge in [0.2, 0.25) is 0 Å². The predicted octanol–water partition coefficient (Wildman–Crippen LogP) is 1.51. The number of aromatic nitrogens is 3. The minimum Gasteiger partial charge on any atom is -0.246 e. The molecule has 0 fully saturated rings. The largest absolute Gasteiger partial charge is 0.352 e. The second-order valence-corrected chi connectivity index (χ2v) is 4.55. The fraction of sp³-hybridized carbons (Fsp3) is 0.0667. The maximum absolute atomic E-state index is 13.6. The van der Waals surface area contributed by atoms with Gasteiger partial charge in [0.25, 0.3) is 0 Å². The minimum absolute atomic E-state index is 0.110. The Balaban J connectivity index is 2.06. The van der Waals surface area contributed by atoms with E-state index in [9.17, 15) is 14.0 Å². The zero-order valence-electron chi connectivity index (χ0n) is 11.0. The standard InChI is InChI=1S/C15H12FN3O2/c16-13-9-5-4-6-11(13)10-18-14(20)17-19(15(18)21)12-7-2-1-3-8-12/h1-9H,10H2,(H,17,20). The molecule has 0 saturated carbocycles. The Bertz CT molecular complexity index is 878. The van der Waals surface area contributed by atoms with E-state index in [0.717, 1.165) is 9.25 Å². The summed E-state index contributed by atoms with van der Waals surface area (Å²) in [7, 11) is 0. The number of hydrogen-bond donors (Lipinski definition) is 1. The zero-order chi connectivity index (χ0) is 14.8. The van der Waals surface area contributed by atoms with Gasteiger partial charge in [-0.15, -0.1) is 0 Å². The van der Waals surface area contributed by atoms with Crippen LogP contribution in [0.3, 0.4) is 0 Å². The van der Waals surface area contributed by atoms with Crippen molar-refractivity contribution >= 4 is 0 Å². The highest BCUT2D eigenvalue weighted by molar-refractivity contribution is 5.29. The minimum atomic E-state index is -0.577. The maximum Gasteiger partial charge on any atom is 0.352 e. The van der Waals surface area contributed by atoms with Crippen LogP contribution in [-0.4, -0.2) is 14.3 Å². The molecule has 0 aliphatic heterocycles. The first-order valence-corrected chi connectivity index (χ1v) is 6.37. The quantitative estimate of drug-likeness (QED) is 0.793. The molecule has 0 amide bonds. The van der Waals surface area contributed by atoms with Crippen molar-refractivity contribution in [3.8, 4) is 5.69 Å². The molecule has 0 aliphatic rings.